The lowest BCUT2D eigenvalue weighted by atomic mass is 9.85. The van der Waals surface area contributed by atoms with Crippen LogP contribution >= 0.6 is 11.3 Å². The largest absolute Gasteiger partial charge is 0.370 e. The van der Waals surface area contributed by atoms with E-state index in [9.17, 15) is 9.59 Å². The molecule has 1 aromatic rings. The molecule has 4 rings (SSSR count). The van der Waals surface area contributed by atoms with E-state index in [0.29, 0.717) is 25.9 Å². The Balaban J connectivity index is 1.43. The van der Waals surface area contributed by atoms with Crippen LogP contribution in [0.15, 0.2) is 11.1 Å². The molecule has 3 aliphatic rings. The SMILES string of the molecule is CCC[C@H]1CCc2sc(C(=O)N3CCC4(CC3)N=C(N)NC4=O)cc2C1. The minimum atomic E-state index is -0.761. The molecule has 3 N–H and O–H groups in total. The molecule has 0 aromatic carbocycles. The van der Waals surface area contributed by atoms with Crippen molar-refractivity contribution >= 4 is 29.1 Å². The summed E-state index contributed by atoms with van der Waals surface area (Å²) in [7, 11) is 0. The summed E-state index contributed by atoms with van der Waals surface area (Å²) in [6.45, 7) is 3.33. The summed E-state index contributed by atoms with van der Waals surface area (Å²) in [5.74, 6) is 0.934. The van der Waals surface area contributed by atoms with Crippen molar-refractivity contribution in [1.82, 2.24) is 10.2 Å². The third kappa shape index (κ3) is 3.02. The van der Waals surface area contributed by atoms with Gasteiger partial charge in [-0.3, -0.25) is 14.9 Å². The number of carbonyl (C=O) groups is 2. The highest BCUT2D eigenvalue weighted by atomic mass is 32.1. The first-order chi connectivity index (χ1) is 12.5. The summed E-state index contributed by atoms with van der Waals surface area (Å²) in [5, 5.41) is 2.59. The lowest BCUT2D eigenvalue weighted by Gasteiger charge is -2.35. The molecule has 1 aliphatic carbocycles. The molecule has 1 spiro atoms. The minimum Gasteiger partial charge on any atom is -0.370 e. The summed E-state index contributed by atoms with van der Waals surface area (Å²) in [5.41, 5.74) is 6.26. The molecule has 1 saturated heterocycles. The van der Waals surface area contributed by atoms with E-state index in [1.165, 1.54) is 29.7 Å². The van der Waals surface area contributed by atoms with E-state index in [1.807, 2.05) is 4.90 Å². The van der Waals surface area contributed by atoms with Crippen molar-refractivity contribution in [2.45, 2.75) is 57.4 Å². The van der Waals surface area contributed by atoms with Gasteiger partial charge in [-0.15, -0.1) is 11.3 Å². The van der Waals surface area contributed by atoms with Crippen LogP contribution in [0.3, 0.4) is 0 Å². The molecule has 6 nitrogen and oxygen atoms in total. The molecular formula is C19H26N4O2S. The number of piperidine rings is 1. The van der Waals surface area contributed by atoms with Crippen molar-refractivity contribution in [3.63, 3.8) is 0 Å². The van der Waals surface area contributed by atoms with Crippen molar-refractivity contribution in [3.8, 4) is 0 Å². The van der Waals surface area contributed by atoms with Crippen molar-refractivity contribution in [3.05, 3.63) is 21.4 Å². The second kappa shape index (κ2) is 6.68. The van der Waals surface area contributed by atoms with E-state index in [0.717, 1.165) is 23.6 Å². The second-order valence-electron chi connectivity index (χ2n) is 7.73. The first-order valence-corrected chi connectivity index (χ1v) is 10.4. The number of thiophene rings is 1. The molecule has 140 valence electrons. The van der Waals surface area contributed by atoms with Gasteiger partial charge in [-0.1, -0.05) is 19.8 Å². The van der Waals surface area contributed by atoms with Gasteiger partial charge in [-0.25, -0.2) is 4.99 Å². The average molecular weight is 375 g/mol. The molecule has 1 atom stereocenters. The first kappa shape index (κ1) is 17.5. The van der Waals surface area contributed by atoms with E-state index in [-0.39, 0.29) is 17.8 Å². The Hall–Kier alpha value is -1.89. The zero-order valence-corrected chi connectivity index (χ0v) is 16.0. The van der Waals surface area contributed by atoms with Crippen molar-refractivity contribution < 1.29 is 9.59 Å². The van der Waals surface area contributed by atoms with E-state index in [2.05, 4.69) is 23.3 Å². The number of aryl methyl sites for hydroxylation is 1. The normalized spacial score (nSPS) is 24.3. The number of carbonyl (C=O) groups excluding carboxylic acids is 2. The summed E-state index contributed by atoms with van der Waals surface area (Å²) < 4.78 is 0. The number of likely N-dealkylation sites (tertiary alicyclic amines) is 1. The van der Waals surface area contributed by atoms with E-state index < -0.39 is 5.54 Å². The van der Waals surface area contributed by atoms with Gasteiger partial charge in [-0.2, -0.15) is 0 Å². The Kier molecular flexibility index (Phi) is 4.50. The molecule has 1 aromatic heterocycles. The van der Waals surface area contributed by atoms with Gasteiger partial charge in [0.25, 0.3) is 11.8 Å². The topological polar surface area (TPSA) is 87.8 Å². The molecule has 26 heavy (non-hydrogen) atoms. The summed E-state index contributed by atoms with van der Waals surface area (Å²) >= 11 is 1.66. The Bertz CT molecular complexity index is 762. The lowest BCUT2D eigenvalue weighted by Crippen LogP contribution is -2.50. The van der Waals surface area contributed by atoms with Crippen LogP contribution in [0.4, 0.5) is 0 Å². The number of nitrogens with zero attached hydrogens (tertiary/aromatic N) is 2. The average Bonchev–Trinajstić information content (AvgIpc) is 3.16. The molecule has 0 unspecified atom stereocenters. The van der Waals surface area contributed by atoms with Crippen LogP contribution in [-0.4, -0.2) is 41.3 Å². The first-order valence-electron chi connectivity index (χ1n) is 9.58. The second-order valence-corrected chi connectivity index (χ2v) is 8.87. The van der Waals surface area contributed by atoms with Gasteiger partial charge in [0.05, 0.1) is 4.88 Å². The highest BCUT2D eigenvalue weighted by molar-refractivity contribution is 7.14. The van der Waals surface area contributed by atoms with Crippen molar-refractivity contribution in [1.29, 1.82) is 0 Å². The maximum absolute atomic E-state index is 12.9. The quantitative estimate of drug-likeness (QED) is 0.849. The highest BCUT2D eigenvalue weighted by Crippen LogP contribution is 2.36. The Morgan fingerprint density at radius 3 is 2.88 bits per heavy atom. The molecule has 2 aliphatic heterocycles. The van der Waals surface area contributed by atoms with Crippen LogP contribution < -0.4 is 11.1 Å². The third-order valence-electron chi connectivity index (χ3n) is 5.97. The van der Waals surface area contributed by atoms with Crippen LogP contribution in [-0.2, 0) is 17.6 Å². The number of nitrogens with two attached hydrogens (primary N) is 1. The number of guanidine groups is 1. The van der Waals surface area contributed by atoms with Crippen LogP contribution in [0, 0.1) is 5.92 Å². The van der Waals surface area contributed by atoms with Gasteiger partial charge in [-0.05, 0) is 49.7 Å². The molecule has 0 bridgehead atoms. The van der Waals surface area contributed by atoms with Gasteiger partial charge in [0, 0.05) is 18.0 Å². The monoisotopic (exact) mass is 374 g/mol. The Labute approximate surface area is 157 Å². The number of hydrogen-bond donors (Lipinski definition) is 2. The van der Waals surface area contributed by atoms with Gasteiger partial charge >= 0.3 is 0 Å². The molecule has 2 amide bonds. The molecular weight excluding hydrogens is 348 g/mol. The Morgan fingerprint density at radius 2 is 2.23 bits per heavy atom. The third-order valence-corrected chi connectivity index (χ3v) is 7.19. The zero-order valence-electron chi connectivity index (χ0n) is 15.2. The summed E-state index contributed by atoms with van der Waals surface area (Å²) in [6, 6.07) is 2.12. The Morgan fingerprint density at radius 1 is 1.46 bits per heavy atom. The zero-order chi connectivity index (χ0) is 18.3. The number of aliphatic imine (C=N–C) groups is 1. The summed E-state index contributed by atoms with van der Waals surface area (Å²) in [4.78, 5) is 33.5. The van der Waals surface area contributed by atoms with Gasteiger partial charge in [0.1, 0.15) is 5.54 Å². The number of fused-ring (bicyclic) bond motifs is 1. The molecule has 1 fully saturated rings. The lowest BCUT2D eigenvalue weighted by molar-refractivity contribution is -0.125. The number of rotatable bonds is 3. The fraction of sp³-hybridized carbons (Fsp3) is 0.632. The molecule has 0 radical (unpaired) electrons. The maximum Gasteiger partial charge on any atom is 0.263 e. The standard InChI is InChI=1S/C19H26N4O2S/c1-2-3-12-4-5-14-13(10-12)11-15(26-14)16(24)23-8-6-19(7-9-23)17(25)21-18(20)22-19/h11-12H,2-10H2,1H3,(H3,20,21,22,25)/t12-/m0/s1. The number of nitrogens with one attached hydrogen (secondary N) is 1. The van der Waals surface area contributed by atoms with E-state index in [1.54, 1.807) is 11.3 Å². The number of amides is 2. The predicted octanol–water partition coefficient (Wildman–Crippen LogP) is 2.07. The molecule has 7 heteroatoms. The van der Waals surface area contributed by atoms with Crippen LogP contribution in [0.5, 0.6) is 0 Å². The van der Waals surface area contributed by atoms with Crippen LogP contribution in [0.2, 0.25) is 0 Å². The van der Waals surface area contributed by atoms with Gasteiger partial charge in [0.2, 0.25) is 0 Å². The minimum absolute atomic E-state index is 0.0987. The van der Waals surface area contributed by atoms with Gasteiger partial charge in [0.15, 0.2) is 5.96 Å². The molecule has 3 heterocycles. The number of hydrogen-bond acceptors (Lipinski definition) is 5. The van der Waals surface area contributed by atoms with Crippen LogP contribution in [0.1, 0.15) is 59.1 Å². The van der Waals surface area contributed by atoms with Crippen molar-refractivity contribution in [2.24, 2.45) is 16.6 Å². The fourth-order valence-corrected chi connectivity index (χ4v) is 5.65. The van der Waals surface area contributed by atoms with E-state index >= 15 is 0 Å². The smallest absolute Gasteiger partial charge is 0.263 e. The van der Waals surface area contributed by atoms with Crippen LogP contribution in [0.25, 0.3) is 0 Å². The highest BCUT2D eigenvalue weighted by Gasteiger charge is 2.46. The van der Waals surface area contributed by atoms with Gasteiger partial charge < -0.3 is 10.6 Å². The van der Waals surface area contributed by atoms with Crippen molar-refractivity contribution in [2.75, 3.05) is 13.1 Å². The fourth-order valence-electron chi connectivity index (χ4n) is 4.48. The summed E-state index contributed by atoms with van der Waals surface area (Å²) in [6.07, 6.45) is 7.05. The predicted molar refractivity (Wildman–Crippen MR) is 102 cm³/mol. The van der Waals surface area contributed by atoms with E-state index in [4.69, 9.17) is 5.73 Å². The maximum atomic E-state index is 12.9. The molecule has 0 saturated carbocycles.